The van der Waals surface area contributed by atoms with Gasteiger partial charge in [-0.2, -0.15) is 0 Å². The SMILES string of the molecule is COC(O)NCCOc1cccc2nc(C)cc(C)c12. The lowest BCUT2D eigenvalue weighted by molar-refractivity contribution is -0.0973. The number of hydrogen-bond donors (Lipinski definition) is 2. The molecule has 2 aromatic rings. The third-order valence-electron chi connectivity index (χ3n) is 3.02. The fourth-order valence-corrected chi connectivity index (χ4v) is 2.16. The topological polar surface area (TPSA) is 63.6 Å². The van der Waals surface area contributed by atoms with Crippen LogP contribution in [0.25, 0.3) is 10.9 Å². The Morgan fingerprint density at radius 1 is 1.35 bits per heavy atom. The van der Waals surface area contributed by atoms with Crippen LogP contribution in [0.5, 0.6) is 5.75 Å². The van der Waals surface area contributed by atoms with Gasteiger partial charge in [0, 0.05) is 24.7 Å². The quantitative estimate of drug-likeness (QED) is 0.621. The number of benzene rings is 1. The largest absolute Gasteiger partial charge is 0.492 e. The van der Waals surface area contributed by atoms with Gasteiger partial charge in [0.2, 0.25) is 6.41 Å². The van der Waals surface area contributed by atoms with Gasteiger partial charge < -0.3 is 14.6 Å². The van der Waals surface area contributed by atoms with Gasteiger partial charge in [0.15, 0.2) is 0 Å². The molecule has 0 saturated heterocycles. The maximum absolute atomic E-state index is 9.20. The summed E-state index contributed by atoms with van der Waals surface area (Å²) in [6, 6.07) is 7.89. The highest BCUT2D eigenvalue weighted by atomic mass is 16.6. The van der Waals surface area contributed by atoms with E-state index >= 15 is 0 Å². The highest BCUT2D eigenvalue weighted by molar-refractivity contribution is 5.88. The standard InChI is InChI=1S/C15H20N2O3/c1-10-9-11(2)17-12-5-4-6-13(14(10)12)20-8-7-16-15(18)19-3/h4-6,9,15-16,18H,7-8H2,1-3H3. The van der Waals surface area contributed by atoms with E-state index in [9.17, 15) is 5.11 Å². The molecule has 0 aliphatic rings. The molecule has 0 spiro atoms. The molecule has 0 aliphatic carbocycles. The first kappa shape index (κ1) is 14.7. The molecule has 1 aromatic heterocycles. The second-order valence-corrected chi connectivity index (χ2v) is 4.62. The van der Waals surface area contributed by atoms with Gasteiger partial charge in [-0.1, -0.05) is 6.07 Å². The van der Waals surface area contributed by atoms with Crippen LogP contribution in [-0.4, -0.2) is 36.8 Å². The van der Waals surface area contributed by atoms with Crippen LogP contribution in [0.3, 0.4) is 0 Å². The van der Waals surface area contributed by atoms with Gasteiger partial charge >= 0.3 is 0 Å². The number of nitrogens with one attached hydrogen (secondary N) is 1. The summed E-state index contributed by atoms with van der Waals surface area (Å²) in [5, 5.41) is 13.0. The number of aryl methyl sites for hydroxylation is 2. The Morgan fingerprint density at radius 2 is 2.15 bits per heavy atom. The second kappa shape index (κ2) is 6.65. The Bertz CT molecular complexity index is 587. The molecule has 0 aliphatic heterocycles. The average molecular weight is 276 g/mol. The predicted octanol–water partition coefficient (Wildman–Crippen LogP) is 1.74. The number of rotatable bonds is 6. The van der Waals surface area contributed by atoms with E-state index in [4.69, 9.17) is 4.74 Å². The molecule has 5 nitrogen and oxygen atoms in total. The summed E-state index contributed by atoms with van der Waals surface area (Å²) in [7, 11) is 1.43. The molecule has 1 atom stereocenters. The summed E-state index contributed by atoms with van der Waals surface area (Å²) >= 11 is 0. The first-order chi connectivity index (χ1) is 9.61. The van der Waals surface area contributed by atoms with E-state index < -0.39 is 6.41 Å². The molecule has 2 rings (SSSR count). The van der Waals surface area contributed by atoms with Crippen molar-refractivity contribution in [3.05, 3.63) is 35.5 Å². The molecule has 0 radical (unpaired) electrons. The van der Waals surface area contributed by atoms with Crippen LogP contribution in [-0.2, 0) is 4.74 Å². The van der Waals surface area contributed by atoms with Crippen molar-refractivity contribution in [1.82, 2.24) is 10.3 Å². The molecule has 0 fully saturated rings. The normalized spacial score (nSPS) is 12.6. The number of pyridine rings is 1. The lowest BCUT2D eigenvalue weighted by Gasteiger charge is -2.13. The highest BCUT2D eigenvalue weighted by Gasteiger charge is 2.07. The van der Waals surface area contributed by atoms with Crippen molar-refractivity contribution < 1.29 is 14.6 Å². The van der Waals surface area contributed by atoms with Gasteiger partial charge in [0.05, 0.1) is 5.52 Å². The summed E-state index contributed by atoms with van der Waals surface area (Å²) < 4.78 is 10.4. The van der Waals surface area contributed by atoms with E-state index in [1.54, 1.807) is 0 Å². The van der Waals surface area contributed by atoms with E-state index in [0.29, 0.717) is 13.2 Å². The molecule has 1 heterocycles. The molecule has 5 heteroatoms. The Hall–Kier alpha value is -1.69. The van der Waals surface area contributed by atoms with E-state index in [1.807, 2.05) is 31.2 Å². The minimum Gasteiger partial charge on any atom is -0.492 e. The van der Waals surface area contributed by atoms with Crippen molar-refractivity contribution in [2.24, 2.45) is 0 Å². The summed E-state index contributed by atoms with van der Waals surface area (Å²) in [5.41, 5.74) is 3.08. The fourth-order valence-electron chi connectivity index (χ4n) is 2.16. The van der Waals surface area contributed by atoms with Crippen LogP contribution in [0.2, 0.25) is 0 Å². The lowest BCUT2D eigenvalue weighted by Crippen LogP contribution is -2.33. The number of aliphatic hydroxyl groups excluding tert-OH is 1. The summed E-state index contributed by atoms with van der Waals surface area (Å²) in [6.07, 6.45) is -0.961. The van der Waals surface area contributed by atoms with Gasteiger partial charge in [-0.3, -0.25) is 10.3 Å². The monoisotopic (exact) mass is 276 g/mol. The molecule has 0 amide bonds. The molecular formula is C15H20N2O3. The third-order valence-corrected chi connectivity index (χ3v) is 3.02. The smallest absolute Gasteiger partial charge is 0.213 e. The van der Waals surface area contributed by atoms with E-state index in [2.05, 4.69) is 22.0 Å². The number of methoxy groups -OCH3 is 1. The van der Waals surface area contributed by atoms with Gasteiger partial charge in [-0.15, -0.1) is 0 Å². The number of aliphatic hydroxyl groups is 1. The van der Waals surface area contributed by atoms with Crippen molar-refractivity contribution >= 4 is 10.9 Å². The van der Waals surface area contributed by atoms with E-state index in [0.717, 1.165) is 27.9 Å². The Balaban J connectivity index is 2.10. The molecule has 0 bridgehead atoms. The number of fused-ring (bicyclic) bond motifs is 1. The van der Waals surface area contributed by atoms with Gasteiger partial charge in [-0.05, 0) is 37.6 Å². The summed E-state index contributed by atoms with van der Waals surface area (Å²) in [5.74, 6) is 0.807. The van der Waals surface area contributed by atoms with Crippen LogP contribution in [0.1, 0.15) is 11.3 Å². The van der Waals surface area contributed by atoms with Gasteiger partial charge in [-0.25, -0.2) is 0 Å². The van der Waals surface area contributed by atoms with Crippen molar-refractivity contribution in [2.45, 2.75) is 20.3 Å². The molecule has 0 saturated carbocycles. The van der Waals surface area contributed by atoms with Crippen LogP contribution in [0.15, 0.2) is 24.3 Å². The first-order valence-corrected chi connectivity index (χ1v) is 6.56. The van der Waals surface area contributed by atoms with E-state index in [1.165, 1.54) is 7.11 Å². The Kier molecular flexibility index (Phi) is 4.89. The first-order valence-electron chi connectivity index (χ1n) is 6.56. The molecule has 1 aromatic carbocycles. The minimum atomic E-state index is -0.961. The minimum absolute atomic E-state index is 0.437. The Labute approximate surface area is 118 Å². The third kappa shape index (κ3) is 3.45. The van der Waals surface area contributed by atoms with Crippen LogP contribution in [0.4, 0.5) is 0 Å². The zero-order chi connectivity index (χ0) is 14.5. The molecular weight excluding hydrogens is 256 g/mol. The zero-order valence-corrected chi connectivity index (χ0v) is 12.0. The number of aromatic nitrogens is 1. The van der Waals surface area contributed by atoms with Crippen molar-refractivity contribution in [2.75, 3.05) is 20.3 Å². The molecule has 2 N–H and O–H groups in total. The van der Waals surface area contributed by atoms with Crippen LogP contribution < -0.4 is 10.1 Å². The Morgan fingerprint density at radius 3 is 2.90 bits per heavy atom. The van der Waals surface area contributed by atoms with E-state index in [-0.39, 0.29) is 0 Å². The maximum Gasteiger partial charge on any atom is 0.213 e. The number of ether oxygens (including phenoxy) is 2. The lowest BCUT2D eigenvalue weighted by atomic mass is 10.1. The predicted molar refractivity (Wildman–Crippen MR) is 77.7 cm³/mol. The van der Waals surface area contributed by atoms with Crippen molar-refractivity contribution in [1.29, 1.82) is 0 Å². The summed E-state index contributed by atoms with van der Waals surface area (Å²) in [4.78, 5) is 4.51. The summed E-state index contributed by atoms with van der Waals surface area (Å²) in [6.45, 7) is 4.96. The zero-order valence-electron chi connectivity index (χ0n) is 12.0. The van der Waals surface area contributed by atoms with Crippen LogP contribution >= 0.6 is 0 Å². The van der Waals surface area contributed by atoms with Crippen molar-refractivity contribution in [3.63, 3.8) is 0 Å². The van der Waals surface area contributed by atoms with Crippen molar-refractivity contribution in [3.8, 4) is 5.75 Å². The average Bonchev–Trinajstić information content (AvgIpc) is 2.42. The molecule has 20 heavy (non-hydrogen) atoms. The highest BCUT2D eigenvalue weighted by Crippen LogP contribution is 2.27. The van der Waals surface area contributed by atoms with Gasteiger partial charge in [0.25, 0.3) is 0 Å². The van der Waals surface area contributed by atoms with Crippen LogP contribution in [0, 0.1) is 13.8 Å². The van der Waals surface area contributed by atoms with Gasteiger partial charge in [0.1, 0.15) is 12.4 Å². The number of hydrogen-bond acceptors (Lipinski definition) is 5. The number of nitrogens with zero attached hydrogens (tertiary/aromatic N) is 1. The molecule has 108 valence electrons. The molecule has 1 unspecified atom stereocenters. The second-order valence-electron chi connectivity index (χ2n) is 4.62. The fraction of sp³-hybridized carbons (Fsp3) is 0.400. The maximum atomic E-state index is 9.20.